The van der Waals surface area contributed by atoms with E-state index in [1.165, 1.54) is 10.5 Å². The van der Waals surface area contributed by atoms with Crippen LogP contribution in [0.2, 0.25) is 0 Å². The number of hydrogen-bond acceptors (Lipinski definition) is 1. The van der Waals surface area contributed by atoms with Gasteiger partial charge in [0.05, 0.1) is 14.1 Å². The van der Waals surface area contributed by atoms with E-state index < -0.39 is 0 Å². The first-order valence-electron chi connectivity index (χ1n) is 4.48. The predicted molar refractivity (Wildman–Crippen MR) is 53.0 cm³/mol. The van der Waals surface area contributed by atoms with Crippen LogP contribution in [-0.4, -0.2) is 19.9 Å². The van der Waals surface area contributed by atoms with Crippen molar-refractivity contribution in [3.8, 4) is 0 Å². The molecule has 0 fully saturated rings. The highest BCUT2D eigenvalue weighted by atomic mass is 16.1. The van der Waals surface area contributed by atoms with E-state index >= 15 is 0 Å². The summed E-state index contributed by atoms with van der Waals surface area (Å²) >= 11 is 0. The highest BCUT2D eigenvalue weighted by Crippen LogP contribution is 2.03. The van der Waals surface area contributed by atoms with Crippen LogP contribution in [0.1, 0.15) is 22.8 Å². The van der Waals surface area contributed by atoms with Crippen molar-refractivity contribution in [2.45, 2.75) is 13.5 Å². The summed E-state index contributed by atoms with van der Waals surface area (Å²) in [6.07, 6.45) is 0. The second-order valence-electron chi connectivity index (χ2n) is 3.64. The van der Waals surface area contributed by atoms with E-state index in [-0.39, 0.29) is 5.78 Å². The van der Waals surface area contributed by atoms with Gasteiger partial charge in [0, 0.05) is 11.1 Å². The van der Waals surface area contributed by atoms with E-state index in [1.54, 1.807) is 6.92 Å². The monoisotopic (exact) mass is 178 g/mol. The lowest BCUT2D eigenvalue weighted by molar-refractivity contribution is -0.872. The predicted octanol–water partition coefficient (Wildman–Crippen LogP) is 0.534. The number of benzene rings is 1. The minimum Gasteiger partial charge on any atom is -0.336 e. The number of Topliss-reactive ketones (excluding diaryl/α,β-unsaturated/α-hetero) is 1. The Balaban J connectivity index is 2.75. The van der Waals surface area contributed by atoms with Crippen molar-refractivity contribution in [2.24, 2.45) is 0 Å². The van der Waals surface area contributed by atoms with Gasteiger partial charge in [-0.05, 0) is 6.92 Å². The smallest absolute Gasteiger partial charge is 0.159 e. The molecule has 1 aromatic rings. The lowest BCUT2D eigenvalue weighted by Crippen LogP contribution is -3.04. The number of carbonyl (C=O) groups excluding carboxylic acids is 1. The number of quaternary nitrogens is 1. The molecule has 1 N–H and O–H groups in total. The summed E-state index contributed by atoms with van der Waals surface area (Å²) in [7, 11) is 4.22. The summed E-state index contributed by atoms with van der Waals surface area (Å²) < 4.78 is 0. The Morgan fingerprint density at radius 1 is 1.23 bits per heavy atom. The van der Waals surface area contributed by atoms with E-state index in [1.807, 2.05) is 24.3 Å². The maximum Gasteiger partial charge on any atom is 0.159 e. The van der Waals surface area contributed by atoms with Gasteiger partial charge >= 0.3 is 0 Å². The zero-order chi connectivity index (χ0) is 9.84. The minimum absolute atomic E-state index is 0.128. The Bertz CT molecular complexity index is 287. The Morgan fingerprint density at radius 2 is 1.77 bits per heavy atom. The lowest BCUT2D eigenvalue weighted by Gasteiger charge is -2.06. The molecule has 0 atom stereocenters. The van der Waals surface area contributed by atoms with Crippen LogP contribution in [0.25, 0.3) is 0 Å². The number of hydrogen-bond donors (Lipinski definition) is 1. The van der Waals surface area contributed by atoms with E-state index in [9.17, 15) is 4.79 Å². The molecule has 13 heavy (non-hydrogen) atoms. The Hall–Kier alpha value is -1.15. The highest BCUT2D eigenvalue weighted by Gasteiger charge is 2.00. The zero-order valence-electron chi connectivity index (χ0n) is 8.42. The fraction of sp³-hybridized carbons (Fsp3) is 0.364. The molecule has 0 unspecified atom stereocenters. The van der Waals surface area contributed by atoms with Gasteiger partial charge in [0.1, 0.15) is 6.54 Å². The Kier molecular flexibility index (Phi) is 3.20. The van der Waals surface area contributed by atoms with Crippen LogP contribution in [0.4, 0.5) is 0 Å². The molecule has 0 heterocycles. The van der Waals surface area contributed by atoms with E-state index in [2.05, 4.69) is 14.1 Å². The van der Waals surface area contributed by atoms with Crippen molar-refractivity contribution < 1.29 is 9.69 Å². The van der Waals surface area contributed by atoms with Gasteiger partial charge in [0.2, 0.25) is 0 Å². The number of carbonyl (C=O) groups is 1. The first-order valence-corrected chi connectivity index (χ1v) is 4.48. The van der Waals surface area contributed by atoms with Crippen LogP contribution in [0.15, 0.2) is 24.3 Å². The Morgan fingerprint density at radius 3 is 2.15 bits per heavy atom. The second-order valence-corrected chi connectivity index (χ2v) is 3.64. The summed E-state index contributed by atoms with van der Waals surface area (Å²) in [6.45, 7) is 2.59. The van der Waals surface area contributed by atoms with Crippen molar-refractivity contribution in [3.63, 3.8) is 0 Å². The Labute approximate surface area is 79.2 Å². The second kappa shape index (κ2) is 4.19. The SMILES string of the molecule is CC(=O)c1ccc(C[NH+](C)C)cc1. The molecule has 0 radical (unpaired) electrons. The summed E-state index contributed by atoms with van der Waals surface area (Å²) in [5.41, 5.74) is 2.06. The minimum atomic E-state index is 0.128. The van der Waals surface area contributed by atoms with Crippen LogP contribution < -0.4 is 4.90 Å². The first-order chi connectivity index (χ1) is 6.09. The molecule has 0 aliphatic carbocycles. The van der Waals surface area contributed by atoms with Gasteiger partial charge in [0.15, 0.2) is 5.78 Å². The average molecular weight is 178 g/mol. The summed E-state index contributed by atoms with van der Waals surface area (Å²) in [5.74, 6) is 0.128. The molecular formula is C11H16NO+. The summed E-state index contributed by atoms with van der Waals surface area (Å²) in [6, 6.07) is 7.81. The van der Waals surface area contributed by atoms with Gasteiger partial charge in [-0.3, -0.25) is 4.79 Å². The lowest BCUT2D eigenvalue weighted by atomic mass is 10.1. The van der Waals surface area contributed by atoms with Crippen LogP contribution in [0.5, 0.6) is 0 Å². The van der Waals surface area contributed by atoms with Crippen molar-refractivity contribution in [3.05, 3.63) is 35.4 Å². The molecule has 0 aromatic heterocycles. The molecule has 0 bridgehead atoms. The van der Waals surface area contributed by atoms with Crippen molar-refractivity contribution >= 4 is 5.78 Å². The van der Waals surface area contributed by atoms with Crippen LogP contribution in [0.3, 0.4) is 0 Å². The number of rotatable bonds is 3. The molecule has 0 amide bonds. The molecular weight excluding hydrogens is 162 g/mol. The highest BCUT2D eigenvalue weighted by molar-refractivity contribution is 5.93. The molecule has 0 aliphatic rings. The van der Waals surface area contributed by atoms with Crippen molar-refractivity contribution in [1.29, 1.82) is 0 Å². The number of nitrogens with one attached hydrogen (secondary N) is 1. The third-order valence-corrected chi connectivity index (χ3v) is 1.92. The summed E-state index contributed by atoms with van der Waals surface area (Å²) in [4.78, 5) is 12.4. The van der Waals surface area contributed by atoms with Gasteiger partial charge in [0.25, 0.3) is 0 Å². The maximum atomic E-state index is 11.0. The van der Waals surface area contributed by atoms with Gasteiger partial charge in [-0.1, -0.05) is 24.3 Å². The quantitative estimate of drug-likeness (QED) is 0.670. The van der Waals surface area contributed by atoms with Crippen LogP contribution in [-0.2, 0) is 6.54 Å². The molecule has 1 rings (SSSR count). The molecule has 0 saturated heterocycles. The van der Waals surface area contributed by atoms with Gasteiger partial charge in [-0.15, -0.1) is 0 Å². The van der Waals surface area contributed by atoms with E-state index in [0.717, 1.165) is 12.1 Å². The molecule has 70 valence electrons. The molecule has 2 heteroatoms. The van der Waals surface area contributed by atoms with E-state index in [0.29, 0.717) is 0 Å². The zero-order valence-corrected chi connectivity index (χ0v) is 8.42. The van der Waals surface area contributed by atoms with Crippen molar-refractivity contribution in [1.82, 2.24) is 0 Å². The largest absolute Gasteiger partial charge is 0.336 e. The fourth-order valence-electron chi connectivity index (χ4n) is 1.27. The molecule has 2 nitrogen and oxygen atoms in total. The standard InChI is InChI=1S/C11H15NO/c1-9(13)11-6-4-10(5-7-11)8-12(2)3/h4-7H,8H2,1-3H3/p+1. The van der Waals surface area contributed by atoms with Gasteiger partial charge in [-0.25, -0.2) is 0 Å². The van der Waals surface area contributed by atoms with E-state index in [4.69, 9.17) is 0 Å². The molecule has 0 aliphatic heterocycles. The number of ketones is 1. The van der Waals surface area contributed by atoms with Gasteiger partial charge in [-0.2, -0.15) is 0 Å². The third-order valence-electron chi connectivity index (χ3n) is 1.92. The van der Waals surface area contributed by atoms with Crippen LogP contribution in [0, 0.1) is 0 Å². The molecule has 0 saturated carbocycles. The first kappa shape index (κ1) is 9.93. The maximum absolute atomic E-state index is 11.0. The molecule has 1 aromatic carbocycles. The average Bonchev–Trinajstić information content (AvgIpc) is 2.04. The normalized spacial score (nSPS) is 10.5. The topological polar surface area (TPSA) is 21.5 Å². The summed E-state index contributed by atoms with van der Waals surface area (Å²) in [5, 5.41) is 0. The fourth-order valence-corrected chi connectivity index (χ4v) is 1.27. The van der Waals surface area contributed by atoms with Crippen LogP contribution >= 0.6 is 0 Å². The third kappa shape index (κ3) is 2.99. The molecule has 0 spiro atoms. The van der Waals surface area contributed by atoms with Gasteiger partial charge < -0.3 is 4.90 Å². The van der Waals surface area contributed by atoms with Crippen molar-refractivity contribution in [2.75, 3.05) is 14.1 Å².